The van der Waals surface area contributed by atoms with Crippen LogP contribution in [0, 0.1) is 10.8 Å². The van der Waals surface area contributed by atoms with Crippen LogP contribution in [0.15, 0.2) is 0 Å². The molecule has 0 heterocycles. The van der Waals surface area contributed by atoms with Crippen molar-refractivity contribution in [2.45, 2.75) is 32.4 Å². The molecule has 0 aromatic rings. The first-order valence-corrected chi connectivity index (χ1v) is 3.89. The molecule has 1 nitrogen and oxygen atoms in total. The molecule has 68 valence electrons. The smallest absolute Gasteiger partial charge is 0.299 e. The van der Waals surface area contributed by atoms with Crippen molar-refractivity contribution in [3.05, 3.63) is 0 Å². The molecule has 0 amide bonds. The van der Waals surface area contributed by atoms with Gasteiger partial charge in [-0.15, -0.1) is 0 Å². The van der Waals surface area contributed by atoms with Gasteiger partial charge < -0.3 is 0 Å². The van der Waals surface area contributed by atoms with Gasteiger partial charge in [0.2, 0.25) is 0 Å². The van der Waals surface area contributed by atoms with E-state index in [1.165, 1.54) is 6.92 Å². The highest BCUT2D eigenvalue weighted by atomic mass is 19.4. The van der Waals surface area contributed by atoms with Crippen molar-refractivity contribution in [1.82, 2.24) is 0 Å². The van der Waals surface area contributed by atoms with E-state index in [0.29, 0.717) is 0 Å². The van der Waals surface area contributed by atoms with Crippen molar-refractivity contribution < 1.29 is 18.0 Å². The largest absolute Gasteiger partial charge is 0.394 e. The van der Waals surface area contributed by atoms with Gasteiger partial charge in [0, 0.05) is 5.41 Å². The van der Waals surface area contributed by atoms with E-state index in [-0.39, 0.29) is 25.0 Å². The van der Waals surface area contributed by atoms with E-state index in [1.54, 1.807) is 0 Å². The summed E-state index contributed by atoms with van der Waals surface area (Å²) in [7, 11) is 0. The second-order valence-electron chi connectivity index (χ2n) is 4.14. The number of hydrogen-bond donors (Lipinski definition) is 0. The fourth-order valence-electron chi connectivity index (χ4n) is 2.46. The number of halogens is 3. The molecule has 0 unspecified atom stereocenters. The molecule has 2 bridgehead atoms. The topological polar surface area (TPSA) is 17.1 Å². The predicted molar refractivity (Wildman–Crippen MR) is 35.5 cm³/mol. The molecular weight excluding hydrogens is 169 g/mol. The van der Waals surface area contributed by atoms with Crippen molar-refractivity contribution in [3.63, 3.8) is 0 Å². The van der Waals surface area contributed by atoms with E-state index in [2.05, 4.69) is 0 Å². The zero-order chi connectivity index (χ0) is 9.20. The van der Waals surface area contributed by atoms with Crippen LogP contribution in [0.2, 0.25) is 0 Å². The summed E-state index contributed by atoms with van der Waals surface area (Å²) in [6, 6.07) is 0. The minimum Gasteiger partial charge on any atom is -0.299 e. The van der Waals surface area contributed by atoms with Gasteiger partial charge in [-0.3, -0.25) is 4.79 Å². The Morgan fingerprint density at radius 3 is 1.92 bits per heavy atom. The van der Waals surface area contributed by atoms with Crippen LogP contribution >= 0.6 is 0 Å². The third-order valence-corrected chi connectivity index (χ3v) is 3.38. The highest BCUT2D eigenvalue weighted by molar-refractivity contribution is 5.86. The standard InChI is InChI=1S/C8H9F3O/c1-5(12)6-2-7(3-6,4-6)8(9,10)11/h2-4H2,1H3. The molecular formula is C8H9F3O. The molecule has 0 radical (unpaired) electrons. The van der Waals surface area contributed by atoms with Gasteiger partial charge in [-0.25, -0.2) is 0 Å². The zero-order valence-corrected chi connectivity index (χ0v) is 6.66. The molecule has 3 fully saturated rings. The third-order valence-electron chi connectivity index (χ3n) is 3.38. The molecule has 3 rings (SSSR count). The van der Waals surface area contributed by atoms with Gasteiger partial charge in [-0.2, -0.15) is 13.2 Å². The summed E-state index contributed by atoms with van der Waals surface area (Å²) in [5.41, 5.74) is -2.05. The van der Waals surface area contributed by atoms with Crippen LogP contribution in [0.25, 0.3) is 0 Å². The molecule has 0 aromatic heterocycles. The highest BCUT2D eigenvalue weighted by Crippen LogP contribution is 2.78. The molecule has 0 saturated heterocycles. The first-order valence-electron chi connectivity index (χ1n) is 3.89. The van der Waals surface area contributed by atoms with Crippen molar-refractivity contribution in [2.75, 3.05) is 0 Å². The Morgan fingerprint density at radius 2 is 1.67 bits per heavy atom. The van der Waals surface area contributed by atoms with Gasteiger partial charge in [0.25, 0.3) is 0 Å². The lowest BCUT2D eigenvalue weighted by molar-refractivity contribution is -0.350. The Bertz CT molecular complexity index is 234. The van der Waals surface area contributed by atoms with Crippen LogP contribution in [0.3, 0.4) is 0 Å². The van der Waals surface area contributed by atoms with Gasteiger partial charge in [0.05, 0.1) is 5.41 Å². The lowest BCUT2D eigenvalue weighted by Crippen LogP contribution is -2.70. The Labute approximate surface area is 67.9 Å². The van der Waals surface area contributed by atoms with Gasteiger partial charge in [0.15, 0.2) is 0 Å². The second-order valence-corrected chi connectivity index (χ2v) is 4.14. The summed E-state index contributed by atoms with van der Waals surface area (Å²) >= 11 is 0. The second kappa shape index (κ2) is 1.70. The number of hydrogen-bond acceptors (Lipinski definition) is 1. The molecule has 0 aromatic carbocycles. The van der Waals surface area contributed by atoms with Crippen LogP contribution in [-0.4, -0.2) is 12.0 Å². The van der Waals surface area contributed by atoms with E-state index in [0.717, 1.165) is 0 Å². The summed E-state index contributed by atoms with van der Waals surface area (Å²) in [5.74, 6) is -0.0753. The third kappa shape index (κ3) is 0.643. The zero-order valence-electron chi connectivity index (χ0n) is 6.66. The average Bonchev–Trinajstić information content (AvgIpc) is 1.46. The summed E-state index contributed by atoms with van der Waals surface area (Å²) in [6.07, 6.45) is -3.97. The molecule has 4 heteroatoms. The Hall–Kier alpha value is -0.540. The van der Waals surface area contributed by atoms with Crippen LogP contribution in [0.4, 0.5) is 13.2 Å². The number of ketones is 1. The van der Waals surface area contributed by atoms with Gasteiger partial charge >= 0.3 is 6.18 Å². The number of rotatable bonds is 1. The minimum atomic E-state index is -4.09. The molecule has 12 heavy (non-hydrogen) atoms. The summed E-state index contributed by atoms with van der Waals surface area (Å²) in [5, 5.41) is 0. The number of Topliss-reactive ketones (excluding diaryl/α,β-unsaturated/α-hetero) is 1. The van der Waals surface area contributed by atoms with E-state index in [9.17, 15) is 18.0 Å². The molecule has 3 aliphatic rings. The monoisotopic (exact) mass is 178 g/mol. The average molecular weight is 178 g/mol. The fourth-order valence-corrected chi connectivity index (χ4v) is 2.46. The van der Waals surface area contributed by atoms with Crippen LogP contribution in [0.5, 0.6) is 0 Å². The van der Waals surface area contributed by atoms with E-state index in [4.69, 9.17) is 0 Å². The first-order chi connectivity index (χ1) is 5.31. The normalized spacial score (nSPS) is 44.7. The molecule has 0 aliphatic heterocycles. The fraction of sp³-hybridized carbons (Fsp3) is 0.875. The quantitative estimate of drug-likeness (QED) is 0.602. The lowest BCUT2D eigenvalue weighted by atomic mass is 9.34. The van der Waals surface area contributed by atoms with Crippen LogP contribution in [-0.2, 0) is 4.79 Å². The van der Waals surface area contributed by atoms with E-state index < -0.39 is 17.0 Å². The highest BCUT2D eigenvalue weighted by Gasteiger charge is 2.79. The summed E-state index contributed by atoms with van der Waals surface area (Å²) in [6.45, 7) is 1.39. The maximum Gasteiger partial charge on any atom is 0.394 e. The van der Waals surface area contributed by atoms with Crippen LogP contribution < -0.4 is 0 Å². The summed E-state index contributed by atoms with van der Waals surface area (Å²) < 4.78 is 36.7. The van der Waals surface area contributed by atoms with Crippen LogP contribution in [0.1, 0.15) is 26.2 Å². The van der Waals surface area contributed by atoms with Gasteiger partial charge in [-0.05, 0) is 26.2 Å². The molecule has 0 spiro atoms. The molecule has 0 atom stereocenters. The van der Waals surface area contributed by atoms with Crippen molar-refractivity contribution in [3.8, 4) is 0 Å². The predicted octanol–water partition coefficient (Wildman–Crippen LogP) is 2.31. The van der Waals surface area contributed by atoms with Crippen molar-refractivity contribution in [2.24, 2.45) is 10.8 Å². The summed E-state index contributed by atoms with van der Waals surface area (Å²) in [4.78, 5) is 10.9. The minimum absolute atomic E-state index is 0.0405. The number of carbonyl (C=O) groups excluding carboxylic acids is 1. The number of carbonyl (C=O) groups is 1. The Balaban J connectivity index is 2.09. The Kier molecular flexibility index (Phi) is 1.14. The first kappa shape index (κ1) is 8.08. The van der Waals surface area contributed by atoms with E-state index in [1.807, 2.05) is 0 Å². The van der Waals surface area contributed by atoms with Gasteiger partial charge in [0.1, 0.15) is 5.78 Å². The van der Waals surface area contributed by atoms with Crippen molar-refractivity contribution >= 4 is 5.78 Å². The Morgan fingerprint density at radius 1 is 1.25 bits per heavy atom. The van der Waals surface area contributed by atoms with Crippen molar-refractivity contribution in [1.29, 1.82) is 0 Å². The van der Waals surface area contributed by atoms with E-state index >= 15 is 0 Å². The lowest BCUT2D eigenvalue weighted by Gasteiger charge is -2.69. The molecule has 3 saturated carbocycles. The number of alkyl halides is 3. The molecule has 0 N–H and O–H groups in total. The maximum absolute atomic E-state index is 12.2. The van der Waals surface area contributed by atoms with Gasteiger partial charge in [-0.1, -0.05) is 0 Å². The molecule has 3 aliphatic carbocycles. The SMILES string of the molecule is CC(=O)C12CC(C(F)(F)F)(C1)C2. The maximum atomic E-state index is 12.2.